The van der Waals surface area contributed by atoms with Crippen LogP contribution in [0.15, 0.2) is 42.5 Å². The molecule has 1 unspecified atom stereocenters. The Labute approximate surface area is 160 Å². The Hall–Kier alpha value is -2.90. The summed E-state index contributed by atoms with van der Waals surface area (Å²) < 4.78 is 51.5. The summed E-state index contributed by atoms with van der Waals surface area (Å²) in [7, 11) is 3.12. The summed E-state index contributed by atoms with van der Waals surface area (Å²) in [6.07, 6.45) is -3.20. The molecule has 2 aromatic rings. The summed E-state index contributed by atoms with van der Waals surface area (Å²) in [5, 5.41) is 0. The lowest BCUT2D eigenvalue weighted by atomic mass is 10.0. The van der Waals surface area contributed by atoms with Crippen molar-refractivity contribution in [2.24, 2.45) is 0 Å². The van der Waals surface area contributed by atoms with E-state index in [0.717, 1.165) is 30.5 Å². The molecule has 1 amide bonds. The van der Waals surface area contributed by atoms with Crippen molar-refractivity contribution in [2.75, 3.05) is 20.8 Å². The highest BCUT2D eigenvalue weighted by Gasteiger charge is 2.33. The van der Waals surface area contributed by atoms with E-state index in [4.69, 9.17) is 9.47 Å². The van der Waals surface area contributed by atoms with Crippen molar-refractivity contribution < 1.29 is 32.2 Å². The van der Waals surface area contributed by atoms with Crippen molar-refractivity contribution in [3.8, 4) is 17.2 Å². The zero-order valence-electron chi connectivity index (χ0n) is 15.5. The maximum atomic E-state index is 13.0. The fourth-order valence-electron chi connectivity index (χ4n) is 3.40. The van der Waals surface area contributed by atoms with E-state index in [1.807, 2.05) is 6.07 Å². The molecule has 3 rings (SSSR count). The lowest BCUT2D eigenvalue weighted by molar-refractivity contribution is -0.274. The number of methoxy groups -OCH3 is 2. The number of benzene rings is 2. The van der Waals surface area contributed by atoms with Crippen LogP contribution in [0.25, 0.3) is 0 Å². The lowest BCUT2D eigenvalue weighted by Gasteiger charge is -2.27. The molecule has 0 spiro atoms. The van der Waals surface area contributed by atoms with Crippen LogP contribution in [-0.4, -0.2) is 37.9 Å². The molecule has 5 nitrogen and oxygen atoms in total. The second kappa shape index (κ2) is 8.00. The molecule has 0 saturated carbocycles. The Kier molecular flexibility index (Phi) is 5.67. The number of carbonyl (C=O) groups excluding carboxylic acids is 1. The average Bonchev–Trinajstić information content (AvgIpc) is 3.16. The molecule has 28 heavy (non-hydrogen) atoms. The number of carbonyl (C=O) groups is 1. The highest BCUT2D eigenvalue weighted by molar-refractivity contribution is 5.94. The number of hydrogen-bond acceptors (Lipinski definition) is 4. The van der Waals surface area contributed by atoms with Crippen LogP contribution in [-0.2, 0) is 0 Å². The monoisotopic (exact) mass is 395 g/mol. The van der Waals surface area contributed by atoms with Gasteiger partial charge in [0.05, 0.1) is 20.3 Å². The number of alkyl halides is 3. The molecule has 0 bridgehead atoms. The highest BCUT2D eigenvalue weighted by atomic mass is 19.4. The lowest BCUT2D eigenvalue weighted by Crippen LogP contribution is -2.30. The molecule has 1 heterocycles. The normalized spacial score (nSPS) is 16.8. The minimum atomic E-state index is -4.77. The topological polar surface area (TPSA) is 48.0 Å². The SMILES string of the molecule is COc1ccc(OC)c(C2CCCN2C(=O)c2ccc(OC(F)(F)F)cc2)c1. The highest BCUT2D eigenvalue weighted by Crippen LogP contribution is 2.39. The molecule has 0 aliphatic carbocycles. The van der Waals surface area contributed by atoms with Gasteiger partial charge in [-0.15, -0.1) is 13.2 Å². The second-order valence-corrected chi connectivity index (χ2v) is 6.34. The van der Waals surface area contributed by atoms with Gasteiger partial charge in [0.15, 0.2) is 0 Å². The number of amides is 1. The molecule has 1 aliphatic heterocycles. The molecular weight excluding hydrogens is 375 g/mol. The van der Waals surface area contributed by atoms with Crippen molar-refractivity contribution in [1.29, 1.82) is 0 Å². The first-order valence-electron chi connectivity index (χ1n) is 8.71. The van der Waals surface area contributed by atoms with Crippen LogP contribution in [0.3, 0.4) is 0 Å². The number of rotatable bonds is 5. The third-order valence-corrected chi connectivity index (χ3v) is 4.64. The Morgan fingerprint density at radius 1 is 1.04 bits per heavy atom. The zero-order chi connectivity index (χ0) is 20.3. The van der Waals surface area contributed by atoms with Crippen molar-refractivity contribution in [2.45, 2.75) is 25.2 Å². The van der Waals surface area contributed by atoms with E-state index in [1.54, 1.807) is 31.3 Å². The molecule has 1 fully saturated rings. The molecule has 0 N–H and O–H groups in total. The van der Waals surface area contributed by atoms with E-state index in [-0.39, 0.29) is 17.7 Å². The molecule has 1 atom stereocenters. The maximum absolute atomic E-state index is 13.0. The number of likely N-dealkylation sites (tertiary alicyclic amines) is 1. The standard InChI is InChI=1S/C20H20F3NO4/c1-26-15-9-10-18(27-2)16(12-15)17-4-3-11-24(17)19(25)13-5-7-14(8-6-13)28-20(21,22)23/h5-10,12,17H,3-4,11H2,1-2H3. The first-order chi connectivity index (χ1) is 13.3. The quantitative estimate of drug-likeness (QED) is 0.744. The van der Waals surface area contributed by atoms with Crippen molar-refractivity contribution >= 4 is 5.91 Å². The van der Waals surface area contributed by atoms with Gasteiger partial charge in [-0.05, 0) is 55.3 Å². The third kappa shape index (κ3) is 4.32. The van der Waals surface area contributed by atoms with Crippen LogP contribution in [0.1, 0.15) is 34.8 Å². The summed E-state index contributed by atoms with van der Waals surface area (Å²) >= 11 is 0. The maximum Gasteiger partial charge on any atom is 0.573 e. The van der Waals surface area contributed by atoms with Gasteiger partial charge in [0.25, 0.3) is 5.91 Å². The van der Waals surface area contributed by atoms with Gasteiger partial charge in [-0.1, -0.05) is 0 Å². The van der Waals surface area contributed by atoms with Crippen molar-refractivity contribution in [3.05, 3.63) is 53.6 Å². The third-order valence-electron chi connectivity index (χ3n) is 4.64. The van der Waals surface area contributed by atoms with Gasteiger partial charge in [0.1, 0.15) is 17.2 Å². The van der Waals surface area contributed by atoms with Crippen LogP contribution in [0.4, 0.5) is 13.2 Å². The van der Waals surface area contributed by atoms with E-state index < -0.39 is 6.36 Å². The van der Waals surface area contributed by atoms with Gasteiger partial charge in [-0.2, -0.15) is 0 Å². The van der Waals surface area contributed by atoms with Crippen LogP contribution < -0.4 is 14.2 Å². The van der Waals surface area contributed by atoms with E-state index >= 15 is 0 Å². The minimum Gasteiger partial charge on any atom is -0.497 e. The summed E-state index contributed by atoms with van der Waals surface area (Å²) in [5.41, 5.74) is 1.13. The number of halogens is 3. The zero-order valence-corrected chi connectivity index (χ0v) is 15.5. The smallest absolute Gasteiger partial charge is 0.497 e. The molecule has 0 aromatic heterocycles. The van der Waals surface area contributed by atoms with Crippen molar-refractivity contribution in [1.82, 2.24) is 4.90 Å². The molecule has 8 heteroatoms. The summed E-state index contributed by atoms with van der Waals surface area (Å²) in [4.78, 5) is 14.7. The Bertz CT molecular complexity index is 836. The van der Waals surface area contributed by atoms with Gasteiger partial charge < -0.3 is 19.1 Å². The molecule has 0 radical (unpaired) electrons. The van der Waals surface area contributed by atoms with E-state index in [0.29, 0.717) is 23.6 Å². The molecule has 150 valence electrons. The number of ether oxygens (including phenoxy) is 3. The van der Waals surface area contributed by atoms with E-state index in [1.165, 1.54) is 12.1 Å². The van der Waals surface area contributed by atoms with Crippen LogP contribution in [0.2, 0.25) is 0 Å². The number of hydrogen-bond donors (Lipinski definition) is 0. The summed E-state index contributed by atoms with van der Waals surface area (Å²) in [6.45, 7) is 0.546. The van der Waals surface area contributed by atoms with E-state index in [2.05, 4.69) is 4.74 Å². The van der Waals surface area contributed by atoms with Crippen LogP contribution in [0.5, 0.6) is 17.2 Å². The first kappa shape index (κ1) is 19.9. The van der Waals surface area contributed by atoms with Gasteiger partial charge >= 0.3 is 6.36 Å². The molecule has 1 aliphatic rings. The summed E-state index contributed by atoms with van der Waals surface area (Å²) in [6, 6.07) is 10.2. The fourth-order valence-corrected chi connectivity index (χ4v) is 3.40. The van der Waals surface area contributed by atoms with E-state index in [9.17, 15) is 18.0 Å². The Balaban J connectivity index is 1.84. The first-order valence-corrected chi connectivity index (χ1v) is 8.71. The second-order valence-electron chi connectivity index (χ2n) is 6.34. The van der Waals surface area contributed by atoms with Crippen molar-refractivity contribution in [3.63, 3.8) is 0 Å². The number of nitrogens with zero attached hydrogens (tertiary/aromatic N) is 1. The van der Waals surface area contributed by atoms with Gasteiger partial charge in [-0.3, -0.25) is 4.79 Å². The average molecular weight is 395 g/mol. The Morgan fingerprint density at radius 2 is 1.71 bits per heavy atom. The van der Waals surface area contributed by atoms with Crippen LogP contribution >= 0.6 is 0 Å². The Morgan fingerprint density at radius 3 is 2.32 bits per heavy atom. The largest absolute Gasteiger partial charge is 0.573 e. The van der Waals surface area contributed by atoms with Gasteiger partial charge in [0, 0.05) is 17.7 Å². The van der Waals surface area contributed by atoms with Crippen LogP contribution in [0, 0.1) is 0 Å². The predicted octanol–water partition coefficient (Wildman–Crippen LogP) is 4.58. The molecular formula is C20H20F3NO4. The summed E-state index contributed by atoms with van der Waals surface area (Å²) in [5.74, 6) is 0.686. The predicted molar refractivity (Wildman–Crippen MR) is 95.7 cm³/mol. The minimum absolute atomic E-state index is 0.205. The molecule has 1 saturated heterocycles. The molecule has 2 aromatic carbocycles. The van der Waals surface area contributed by atoms with Gasteiger partial charge in [0.2, 0.25) is 0 Å². The fraction of sp³-hybridized carbons (Fsp3) is 0.350. The van der Waals surface area contributed by atoms with Gasteiger partial charge in [-0.25, -0.2) is 0 Å².